The third-order valence-electron chi connectivity index (χ3n) is 4.38. The summed E-state index contributed by atoms with van der Waals surface area (Å²) in [4.78, 5) is 4.82. The molecule has 0 amide bonds. The fourth-order valence-electron chi connectivity index (χ4n) is 2.70. The van der Waals surface area contributed by atoms with Crippen molar-refractivity contribution in [3.05, 3.63) is 0 Å². The predicted molar refractivity (Wildman–Crippen MR) is 108 cm³/mol. The van der Waals surface area contributed by atoms with Crippen LogP contribution in [0.4, 0.5) is 0 Å². The van der Waals surface area contributed by atoms with Crippen LogP contribution in [0.2, 0.25) is 0 Å². The van der Waals surface area contributed by atoms with Crippen LogP contribution in [0.5, 0.6) is 0 Å². The van der Waals surface area contributed by atoms with Crippen LogP contribution < -0.4 is 10.6 Å². The van der Waals surface area contributed by atoms with Crippen LogP contribution in [0.25, 0.3) is 0 Å². The smallest absolute Gasteiger partial charge is 0.191 e. The maximum absolute atomic E-state index is 5.50. The van der Waals surface area contributed by atoms with Crippen LogP contribution in [0.1, 0.15) is 46.0 Å². The van der Waals surface area contributed by atoms with Crippen molar-refractivity contribution in [3.8, 4) is 0 Å². The number of halogens is 1. The molecule has 1 aliphatic carbocycles. The molecule has 130 valence electrons. The summed E-state index contributed by atoms with van der Waals surface area (Å²) < 4.78 is 5.50. The number of aliphatic imine (C=N–C) groups is 1. The summed E-state index contributed by atoms with van der Waals surface area (Å²) in [5.74, 6) is 2.31. The summed E-state index contributed by atoms with van der Waals surface area (Å²) in [6.07, 6.45) is 6.48. The first-order chi connectivity index (χ1) is 10.3. The molecule has 1 aliphatic heterocycles. The molecule has 4 nitrogen and oxygen atoms in total. The quantitative estimate of drug-likeness (QED) is 0.250. The van der Waals surface area contributed by atoms with Gasteiger partial charge in [0.15, 0.2) is 5.96 Å². The summed E-state index contributed by atoms with van der Waals surface area (Å²) in [5.41, 5.74) is 0.430. The number of hydrogen-bond acceptors (Lipinski definition) is 3. The molecular formula is C16H32IN3OS. The highest BCUT2D eigenvalue weighted by Gasteiger charge is 2.41. The fourth-order valence-corrected chi connectivity index (χ4v) is 3.90. The first-order valence-electron chi connectivity index (χ1n) is 8.49. The van der Waals surface area contributed by atoms with Crippen molar-refractivity contribution < 1.29 is 4.74 Å². The lowest BCUT2D eigenvalue weighted by Gasteiger charge is -2.17. The molecule has 0 radical (unpaired) electrons. The summed E-state index contributed by atoms with van der Waals surface area (Å²) in [5, 5.41) is 7.66. The van der Waals surface area contributed by atoms with E-state index in [0.717, 1.165) is 50.5 Å². The summed E-state index contributed by atoms with van der Waals surface area (Å²) in [6.45, 7) is 8.80. The number of thioether (sulfide) groups is 1. The first kappa shape index (κ1) is 20.4. The van der Waals surface area contributed by atoms with Crippen LogP contribution in [0.15, 0.2) is 4.99 Å². The molecule has 2 rings (SSSR count). The van der Waals surface area contributed by atoms with E-state index in [-0.39, 0.29) is 24.0 Å². The number of nitrogens with zero attached hydrogens (tertiary/aromatic N) is 1. The zero-order valence-electron chi connectivity index (χ0n) is 14.0. The van der Waals surface area contributed by atoms with Gasteiger partial charge in [0.1, 0.15) is 0 Å². The van der Waals surface area contributed by atoms with E-state index < -0.39 is 0 Å². The Labute approximate surface area is 157 Å². The van der Waals surface area contributed by atoms with Crippen molar-refractivity contribution in [3.63, 3.8) is 0 Å². The van der Waals surface area contributed by atoms with Crippen LogP contribution in [0.3, 0.4) is 0 Å². The second-order valence-electron chi connectivity index (χ2n) is 6.16. The van der Waals surface area contributed by atoms with Crippen molar-refractivity contribution in [2.75, 3.05) is 38.6 Å². The third kappa shape index (κ3) is 7.25. The lowest BCUT2D eigenvalue weighted by atomic mass is 10.0. The van der Waals surface area contributed by atoms with Gasteiger partial charge in [0, 0.05) is 38.1 Å². The average molecular weight is 441 g/mol. The van der Waals surface area contributed by atoms with Gasteiger partial charge in [-0.2, -0.15) is 11.8 Å². The molecule has 2 aliphatic rings. The Morgan fingerprint density at radius 3 is 2.73 bits per heavy atom. The van der Waals surface area contributed by atoms with Crippen molar-refractivity contribution in [2.24, 2.45) is 10.4 Å². The minimum atomic E-state index is 0. The molecule has 1 saturated carbocycles. The van der Waals surface area contributed by atoms with Crippen molar-refractivity contribution in [1.29, 1.82) is 0 Å². The molecule has 0 aromatic carbocycles. The molecule has 0 aromatic heterocycles. The fraction of sp³-hybridized carbons (Fsp3) is 0.938. The van der Waals surface area contributed by atoms with Gasteiger partial charge in [-0.05, 0) is 57.1 Å². The standard InChI is InChI=1S/C16H31N3OS.HI/c1-3-17-15(18-12-14-6-5-11-21-14)19-13-16(7-8-16)9-10-20-4-2;/h14H,3-13H2,1-2H3,(H2,17,18,19);1H. The zero-order valence-corrected chi connectivity index (χ0v) is 17.2. The van der Waals surface area contributed by atoms with Crippen LogP contribution in [-0.2, 0) is 4.74 Å². The molecule has 1 saturated heterocycles. The lowest BCUT2D eigenvalue weighted by Crippen LogP contribution is -2.40. The highest BCUT2D eigenvalue weighted by molar-refractivity contribution is 14.0. The zero-order chi connectivity index (χ0) is 15.0. The molecule has 2 fully saturated rings. The number of hydrogen-bond donors (Lipinski definition) is 2. The molecule has 0 spiro atoms. The average Bonchev–Trinajstić information content (AvgIpc) is 3.06. The second-order valence-corrected chi connectivity index (χ2v) is 7.57. The normalized spacial score (nSPS) is 23.0. The Morgan fingerprint density at radius 2 is 2.14 bits per heavy atom. The lowest BCUT2D eigenvalue weighted by molar-refractivity contribution is 0.129. The van der Waals surface area contributed by atoms with Gasteiger partial charge in [-0.15, -0.1) is 24.0 Å². The van der Waals surface area contributed by atoms with Gasteiger partial charge in [0.05, 0.1) is 0 Å². The molecule has 0 aromatic rings. The number of nitrogens with one attached hydrogen (secondary N) is 2. The molecule has 1 atom stereocenters. The van der Waals surface area contributed by atoms with E-state index >= 15 is 0 Å². The van der Waals surface area contributed by atoms with Gasteiger partial charge in [-0.25, -0.2) is 0 Å². The Bertz CT molecular complexity index is 331. The highest BCUT2D eigenvalue weighted by Crippen LogP contribution is 2.49. The van der Waals surface area contributed by atoms with Gasteiger partial charge in [0.2, 0.25) is 0 Å². The van der Waals surface area contributed by atoms with Gasteiger partial charge in [0.25, 0.3) is 0 Å². The molecule has 22 heavy (non-hydrogen) atoms. The SMILES string of the molecule is CCNC(=NCC1(CCOCC)CC1)NCC1CCCS1.I. The van der Waals surface area contributed by atoms with Crippen molar-refractivity contribution in [1.82, 2.24) is 10.6 Å². The van der Waals surface area contributed by atoms with E-state index in [0.29, 0.717) is 5.41 Å². The number of guanidine groups is 1. The monoisotopic (exact) mass is 441 g/mol. The van der Waals surface area contributed by atoms with Gasteiger partial charge in [-0.1, -0.05) is 0 Å². The second kappa shape index (κ2) is 11.0. The van der Waals surface area contributed by atoms with E-state index in [9.17, 15) is 0 Å². The van der Waals surface area contributed by atoms with E-state index in [4.69, 9.17) is 9.73 Å². The number of rotatable bonds is 9. The predicted octanol–water partition coefficient (Wildman–Crippen LogP) is 3.26. The first-order valence-corrected chi connectivity index (χ1v) is 9.54. The Kier molecular flexibility index (Phi) is 10.1. The van der Waals surface area contributed by atoms with Crippen LogP contribution in [-0.4, -0.2) is 49.8 Å². The maximum atomic E-state index is 5.50. The summed E-state index contributed by atoms with van der Waals surface area (Å²) in [7, 11) is 0. The minimum Gasteiger partial charge on any atom is -0.382 e. The Balaban J connectivity index is 0.00000242. The maximum Gasteiger partial charge on any atom is 0.191 e. The molecule has 6 heteroatoms. The van der Waals surface area contributed by atoms with E-state index in [1.54, 1.807) is 0 Å². The van der Waals surface area contributed by atoms with E-state index in [2.05, 4.69) is 36.2 Å². The van der Waals surface area contributed by atoms with Crippen molar-refractivity contribution in [2.45, 2.75) is 51.2 Å². The molecule has 2 N–H and O–H groups in total. The van der Waals surface area contributed by atoms with Crippen molar-refractivity contribution >= 4 is 41.7 Å². The molecular weight excluding hydrogens is 409 g/mol. The van der Waals surface area contributed by atoms with E-state index in [1.165, 1.54) is 31.4 Å². The van der Waals surface area contributed by atoms with Gasteiger partial charge < -0.3 is 15.4 Å². The molecule has 0 bridgehead atoms. The Morgan fingerprint density at radius 1 is 1.32 bits per heavy atom. The molecule has 1 heterocycles. The minimum absolute atomic E-state index is 0. The summed E-state index contributed by atoms with van der Waals surface area (Å²) in [6, 6.07) is 0. The number of ether oxygens (including phenoxy) is 1. The third-order valence-corrected chi connectivity index (χ3v) is 5.77. The van der Waals surface area contributed by atoms with E-state index in [1.807, 2.05) is 0 Å². The topological polar surface area (TPSA) is 45.7 Å². The van der Waals surface area contributed by atoms with Gasteiger partial charge in [-0.3, -0.25) is 4.99 Å². The largest absolute Gasteiger partial charge is 0.382 e. The highest BCUT2D eigenvalue weighted by atomic mass is 127. The van der Waals surface area contributed by atoms with Crippen LogP contribution in [0, 0.1) is 5.41 Å². The molecule has 1 unspecified atom stereocenters. The Hall–Kier alpha value is 0.310. The van der Waals surface area contributed by atoms with Gasteiger partial charge >= 0.3 is 0 Å². The van der Waals surface area contributed by atoms with Crippen LogP contribution >= 0.6 is 35.7 Å². The summed E-state index contributed by atoms with van der Waals surface area (Å²) >= 11 is 2.09.